The second kappa shape index (κ2) is 6.35. The van der Waals surface area contributed by atoms with Crippen LogP contribution in [-0.2, 0) is 0 Å². The van der Waals surface area contributed by atoms with Crippen molar-refractivity contribution in [3.63, 3.8) is 0 Å². The van der Waals surface area contributed by atoms with E-state index in [9.17, 15) is 9.18 Å². The van der Waals surface area contributed by atoms with Crippen LogP contribution in [0.5, 0.6) is 17.2 Å². The third-order valence-electron chi connectivity index (χ3n) is 3.20. The number of methoxy groups -OCH3 is 1. The zero-order valence-corrected chi connectivity index (χ0v) is 12.2. The quantitative estimate of drug-likeness (QED) is 0.694. The van der Waals surface area contributed by atoms with E-state index in [1.165, 1.54) is 37.6 Å². The molecule has 2 aromatic carbocycles. The third-order valence-corrected chi connectivity index (χ3v) is 3.20. The van der Waals surface area contributed by atoms with Crippen LogP contribution >= 0.6 is 0 Å². The lowest BCUT2D eigenvalue weighted by molar-refractivity contribution is 0.0955. The van der Waals surface area contributed by atoms with Gasteiger partial charge in [-0.2, -0.15) is 5.10 Å². The van der Waals surface area contributed by atoms with Gasteiger partial charge in [0.2, 0.25) is 6.79 Å². The first-order valence-corrected chi connectivity index (χ1v) is 6.74. The molecule has 1 amide bonds. The predicted molar refractivity (Wildman–Crippen MR) is 80.6 cm³/mol. The van der Waals surface area contributed by atoms with Gasteiger partial charge in [-0.25, -0.2) is 9.82 Å². The Morgan fingerprint density at radius 2 is 1.96 bits per heavy atom. The monoisotopic (exact) mass is 316 g/mol. The van der Waals surface area contributed by atoms with Crippen molar-refractivity contribution in [2.45, 2.75) is 0 Å². The van der Waals surface area contributed by atoms with E-state index in [4.69, 9.17) is 14.2 Å². The van der Waals surface area contributed by atoms with E-state index in [1.807, 2.05) is 0 Å². The van der Waals surface area contributed by atoms with E-state index >= 15 is 0 Å². The van der Waals surface area contributed by atoms with Gasteiger partial charge in [0, 0.05) is 17.2 Å². The Labute approximate surface area is 131 Å². The molecule has 1 aliphatic rings. The van der Waals surface area contributed by atoms with E-state index in [0.717, 1.165) is 0 Å². The Kier molecular flexibility index (Phi) is 4.09. The minimum absolute atomic E-state index is 0.153. The number of carbonyl (C=O) groups excluding carboxylic acids is 1. The topological polar surface area (TPSA) is 69.2 Å². The summed E-state index contributed by atoms with van der Waals surface area (Å²) in [7, 11) is 1.52. The second-order valence-electron chi connectivity index (χ2n) is 4.65. The molecule has 1 heterocycles. The van der Waals surface area contributed by atoms with Crippen LogP contribution in [0.2, 0.25) is 0 Å². The van der Waals surface area contributed by atoms with E-state index in [1.54, 1.807) is 12.1 Å². The number of benzene rings is 2. The number of nitrogens with one attached hydrogen (secondary N) is 1. The SMILES string of the molecule is COc1cc2c(cc1/C=N/NC(=O)c1ccc(F)cc1)OCO2. The molecule has 1 aliphatic heterocycles. The van der Waals surface area contributed by atoms with Gasteiger partial charge >= 0.3 is 0 Å². The summed E-state index contributed by atoms with van der Waals surface area (Å²) in [5.41, 5.74) is 3.29. The number of hydrogen-bond donors (Lipinski definition) is 1. The van der Waals surface area contributed by atoms with Gasteiger partial charge in [-0.1, -0.05) is 0 Å². The van der Waals surface area contributed by atoms with E-state index < -0.39 is 11.7 Å². The number of hydrazone groups is 1. The average molecular weight is 316 g/mol. The molecular formula is C16H13FN2O4. The number of halogens is 1. The highest BCUT2D eigenvalue weighted by atomic mass is 19.1. The van der Waals surface area contributed by atoms with Crippen LogP contribution in [0.4, 0.5) is 4.39 Å². The maximum absolute atomic E-state index is 12.8. The van der Waals surface area contributed by atoms with Crippen molar-refractivity contribution in [2.24, 2.45) is 5.10 Å². The van der Waals surface area contributed by atoms with Crippen LogP contribution < -0.4 is 19.6 Å². The minimum Gasteiger partial charge on any atom is -0.496 e. The van der Waals surface area contributed by atoms with E-state index in [0.29, 0.717) is 28.4 Å². The second-order valence-corrected chi connectivity index (χ2v) is 4.65. The summed E-state index contributed by atoms with van der Waals surface area (Å²) < 4.78 is 28.6. The maximum Gasteiger partial charge on any atom is 0.271 e. The third kappa shape index (κ3) is 3.23. The number of ether oxygens (including phenoxy) is 3. The molecule has 23 heavy (non-hydrogen) atoms. The minimum atomic E-state index is -0.444. The molecule has 0 radical (unpaired) electrons. The van der Waals surface area contributed by atoms with Gasteiger partial charge in [0.25, 0.3) is 5.91 Å². The molecule has 2 aromatic rings. The van der Waals surface area contributed by atoms with Crippen LogP contribution in [0, 0.1) is 5.82 Å². The van der Waals surface area contributed by atoms with Gasteiger partial charge < -0.3 is 14.2 Å². The highest BCUT2D eigenvalue weighted by molar-refractivity contribution is 5.95. The molecule has 0 saturated heterocycles. The largest absolute Gasteiger partial charge is 0.496 e. The normalized spacial score (nSPS) is 12.4. The van der Waals surface area contributed by atoms with E-state index in [-0.39, 0.29) is 6.79 Å². The molecule has 0 spiro atoms. The molecule has 0 fully saturated rings. The Balaban J connectivity index is 1.73. The van der Waals surface area contributed by atoms with Gasteiger partial charge in [-0.05, 0) is 30.3 Å². The zero-order valence-electron chi connectivity index (χ0n) is 12.2. The smallest absolute Gasteiger partial charge is 0.271 e. The first kappa shape index (κ1) is 14.8. The number of amides is 1. The van der Waals surface area contributed by atoms with Crippen molar-refractivity contribution < 1.29 is 23.4 Å². The van der Waals surface area contributed by atoms with Gasteiger partial charge in [0.15, 0.2) is 11.5 Å². The molecule has 7 heteroatoms. The summed E-state index contributed by atoms with van der Waals surface area (Å²) in [6, 6.07) is 8.56. The fourth-order valence-corrected chi connectivity index (χ4v) is 2.04. The summed E-state index contributed by atoms with van der Waals surface area (Å²) in [6.07, 6.45) is 1.43. The first-order chi connectivity index (χ1) is 11.2. The summed E-state index contributed by atoms with van der Waals surface area (Å²) in [5.74, 6) is 0.858. The molecule has 118 valence electrons. The van der Waals surface area contributed by atoms with Crippen molar-refractivity contribution in [1.82, 2.24) is 5.43 Å². The van der Waals surface area contributed by atoms with Crippen LogP contribution in [-0.4, -0.2) is 26.0 Å². The molecule has 0 atom stereocenters. The number of rotatable bonds is 4. The van der Waals surface area contributed by atoms with Gasteiger partial charge in [-0.15, -0.1) is 0 Å². The zero-order chi connectivity index (χ0) is 16.2. The van der Waals surface area contributed by atoms with Crippen LogP contribution in [0.15, 0.2) is 41.5 Å². The molecule has 3 rings (SSSR count). The molecule has 0 aliphatic carbocycles. The lowest BCUT2D eigenvalue weighted by Crippen LogP contribution is -2.17. The molecule has 1 N–H and O–H groups in total. The standard InChI is InChI=1S/C16H13FN2O4/c1-21-13-7-15-14(22-9-23-15)6-11(13)8-18-19-16(20)10-2-4-12(17)5-3-10/h2-8H,9H2,1H3,(H,19,20)/b18-8+. The summed E-state index contributed by atoms with van der Waals surface area (Å²) in [6.45, 7) is 0.153. The van der Waals surface area contributed by atoms with Crippen molar-refractivity contribution in [2.75, 3.05) is 13.9 Å². The van der Waals surface area contributed by atoms with Crippen molar-refractivity contribution >= 4 is 12.1 Å². The molecule has 0 unspecified atom stereocenters. The number of fused-ring (bicyclic) bond motifs is 1. The summed E-state index contributed by atoms with van der Waals surface area (Å²) in [4.78, 5) is 11.9. The molecule has 0 bridgehead atoms. The van der Waals surface area contributed by atoms with Gasteiger partial charge in [-0.3, -0.25) is 4.79 Å². The Morgan fingerprint density at radius 1 is 1.26 bits per heavy atom. The molecule has 0 aromatic heterocycles. The summed E-state index contributed by atoms with van der Waals surface area (Å²) >= 11 is 0. The Bertz CT molecular complexity index is 759. The summed E-state index contributed by atoms with van der Waals surface area (Å²) in [5, 5.41) is 3.88. The van der Waals surface area contributed by atoms with Gasteiger partial charge in [0.1, 0.15) is 11.6 Å². The average Bonchev–Trinajstić information content (AvgIpc) is 3.01. The number of nitrogens with zero attached hydrogens (tertiary/aromatic N) is 1. The molecule has 0 saturated carbocycles. The fourth-order valence-electron chi connectivity index (χ4n) is 2.04. The van der Waals surface area contributed by atoms with Crippen molar-refractivity contribution in [1.29, 1.82) is 0 Å². The fraction of sp³-hybridized carbons (Fsp3) is 0.125. The lowest BCUT2D eigenvalue weighted by Gasteiger charge is -2.06. The van der Waals surface area contributed by atoms with Crippen molar-refractivity contribution in [3.05, 3.63) is 53.3 Å². The van der Waals surface area contributed by atoms with Crippen LogP contribution in [0.1, 0.15) is 15.9 Å². The lowest BCUT2D eigenvalue weighted by atomic mass is 10.2. The number of carbonyl (C=O) groups is 1. The Morgan fingerprint density at radius 3 is 2.65 bits per heavy atom. The highest BCUT2D eigenvalue weighted by Crippen LogP contribution is 2.37. The Hall–Kier alpha value is -3.09. The molecular weight excluding hydrogens is 303 g/mol. The van der Waals surface area contributed by atoms with Gasteiger partial charge in [0.05, 0.1) is 13.3 Å². The first-order valence-electron chi connectivity index (χ1n) is 6.74. The van der Waals surface area contributed by atoms with Crippen LogP contribution in [0.3, 0.4) is 0 Å². The maximum atomic E-state index is 12.8. The van der Waals surface area contributed by atoms with Crippen LogP contribution in [0.25, 0.3) is 0 Å². The van der Waals surface area contributed by atoms with E-state index in [2.05, 4.69) is 10.5 Å². The number of hydrogen-bond acceptors (Lipinski definition) is 5. The predicted octanol–water partition coefficient (Wildman–Crippen LogP) is 2.33. The molecule has 6 nitrogen and oxygen atoms in total. The van der Waals surface area contributed by atoms with Crippen molar-refractivity contribution in [3.8, 4) is 17.2 Å². The highest BCUT2D eigenvalue weighted by Gasteiger charge is 2.17.